The van der Waals surface area contributed by atoms with Crippen molar-refractivity contribution in [2.75, 3.05) is 0 Å². The number of aromatic nitrogens is 2. The van der Waals surface area contributed by atoms with E-state index >= 15 is 0 Å². The van der Waals surface area contributed by atoms with Gasteiger partial charge in [-0.3, -0.25) is 9.78 Å². The third kappa shape index (κ3) is 3.60. The minimum Gasteiger partial charge on any atom is -0.416 e. The number of esters is 1. The van der Waals surface area contributed by atoms with Gasteiger partial charge in [0.1, 0.15) is 0 Å². The molecule has 2 aromatic carbocycles. The van der Waals surface area contributed by atoms with Crippen LogP contribution in [-0.4, -0.2) is 15.5 Å². The molecule has 2 aromatic heterocycles. The molecule has 0 fully saturated rings. The number of benzene rings is 2. The molecule has 150 valence electrons. The minimum absolute atomic E-state index is 0.0585. The van der Waals surface area contributed by atoms with Gasteiger partial charge in [-0.2, -0.15) is 0 Å². The second kappa shape index (κ2) is 8.13. The van der Waals surface area contributed by atoms with Crippen LogP contribution in [0.3, 0.4) is 0 Å². The van der Waals surface area contributed by atoms with Crippen molar-refractivity contribution in [1.82, 2.24) is 9.55 Å². The molecule has 30 heavy (non-hydrogen) atoms. The Labute approximate surface area is 178 Å². The summed E-state index contributed by atoms with van der Waals surface area (Å²) in [5, 5.41) is 0.507. The standard InChI is InChI=1S/C24H19ClN2O3/c1-3-27-19-12-15(2)14-26-21(19)20(17-10-7-11-18(25)13-17)22(23(27)28)30-24(29)16-8-5-4-6-9-16/h4-14H,3H2,1-2H3. The summed E-state index contributed by atoms with van der Waals surface area (Å²) in [6.45, 7) is 4.19. The van der Waals surface area contributed by atoms with Gasteiger partial charge in [-0.1, -0.05) is 41.9 Å². The maximum atomic E-state index is 13.4. The van der Waals surface area contributed by atoms with Crippen LogP contribution in [0.5, 0.6) is 5.75 Å². The van der Waals surface area contributed by atoms with Gasteiger partial charge in [0.05, 0.1) is 22.2 Å². The monoisotopic (exact) mass is 418 g/mol. The second-order valence-electron chi connectivity index (χ2n) is 6.90. The van der Waals surface area contributed by atoms with E-state index in [0.29, 0.717) is 39.3 Å². The molecule has 0 saturated carbocycles. The molecular weight excluding hydrogens is 400 g/mol. The Kier molecular flexibility index (Phi) is 5.38. The molecular formula is C24H19ClN2O3. The van der Waals surface area contributed by atoms with Crippen LogP contribution in [0.25, 0.3) is 22.2 Å². The lowest BCUT2D eigenvalue weighted by Crippen LogP contribution is -2.25. The first kappa shape index (κ1) is 19.9. The molecule has 0 atom stereocenters. The van der Waals surface area contributed by atoms with Gasteiger partial charge in [-0.25, -0.2) is 4.79 Å². The van der Waals surface area contributed by atoms with E-state index in [-0.39, 0.29) is 5.75 Å². The van der Waals surface area contributed by atoms with E-state index in [0.717, 1.165) is 5.56 Å². The average Bonchev–Trinajstić information content (AvgIpc) is 2.75. The quantitative estimate of drug-likeness (QED) is 0.424. The Morgan fingerprint density at radius 3 is 2.57 bits per heavy atom. The van der Waals surface area contributed by atoms with E-state index < -0.39 is 11.5 Å². The van der Waals surface area contributed by atoms with Crippen molar-refractivity contribution >= 4 is 28.6 Å². The molecule has 0 amide bonds. The Balaban J connectivity index is 2.03. The molecule has 0 bridgehead atoms. The molecule has 0 aliphatic rings. The number of carbonyl (C=O) groups excluding carboxylic acids is 1. The smallest absolute Gasteiger partial charge is 0.343 e. The highest BCUT2D eigenvalue weighted by Crippen LogP contribution is 2.35. The van der Waals surface area contributed by atoms with Crippen LogP contribution >= 0.6 is 11.6 Å². The first-order chi connectivity index (χ1) is 14.5. The second-order valence-corrected chi connectivity index (χ2v) is 7.34. The highest BCUT2D eigenvalue weighted by atomic mass is 35.5. The fourth-order valence-corrected chi connectivity index (χ4v) is 3.64. The summed E-state index contributed by atoms with van der Waals surface area (Å²) in [5.41, 5.74) is 3.24. The van der Waals surface area contributed by atoms with E-state index in [1.54, 1.807) is 59.3 Å². The van der Waals surface area contributed by atoms with Gasteiger partial charge in [0.15, 0.2) is 0 Å². The molecule has 0 aliphatic carbocycles. The maximum Gasteiger partial charge on any atom is 0.343 e. The molecule has 0 spiro atoms. The molecule has 4 rings (SSSR count). The number of aryl methyl sites for hydroxylation is 2. The molecule has 4 aromatic rings. The van der Waals surface area contributed by atoms with Crippen LogP contribution in [-0.2, 0) is 6.54 Å². The SMILES string of the molecule is CCn1c(=O)c(OC(=O)c2ccccc2)c(-c2cccc(Cl)c2)c2ncc(C)cc21. The normalized spacial score (nSPS) is 10.9. The summed E-state index contributed by atoms with van der Waals surface area (Å²) >= 11 is 6.21. The minimum atomic E-state index is -0.606. The number of halogens is 1. The fourth-order valence-electron chi connectivity index (χ4n) is 3.44. The van der Waals surface area contributed by atoms with Gasteiger partial charge >= 0.3 is 5.97 Å². The first-order valence-corrected chi connectivity index (χ1v) is 9.93. The highest BCUT2D eigenvalue weighted by molar-refractivity contribution is 6.31. The molecule has 2 heterocycles. The molecule has 0 radical (unpaired) electrons. The highest BCUT2D eigenvalue weighted by Gasteiger charge is 2.23. The van der Waals surface area contributed by atoms with E-state index in [2.05, 4.69) is 4.98 Å². The van der Waals surface area contributed by atoms with E-state index in [4.69, 9.17) is 16.3 Å². The van der Waals surface area contributed by atoms with Gasteiger partial charge in [0.2, 0.25) is 5.75 Å². The van der Waals surface area contributed by atoms with Crippen LogP contribution in [0.4, 0.5) is 0 Å². The van der Waals surface area contributed by atoms with Crippen LogP contribution in [0.15, 0.2) is 71.7 Å². The van der Waals surface area contributed by atoms with E-state index in [1.165, 1.54) is 0 Å². The number of fused-ring (bicyclic) bond motifs is 1. The van der Waals surface area contributed by atoms with Crippen molar-refractivity contribution in [2.24, 2.45) is 0 Å². The number of hydrogen-bond donors (Lipinski definition) is 0. The van der Waals surface area contributed by atoms with E-state index in [9.17, 15) is 9.59 Å². The number of hydrogen-bond acceptors (Lipinski definition) is 4. The first-order valence-electron chi connectivity index (χ1n) is 9.56. The number of ether oxygens (including phenoxy) is 1. The molecule has 0 aliphatic heterocycles. The number of pyridine rings is 2. The molecule has 0 unspecified atom stereocenters. The third-order valence-corrected chi connectivity index (χ3v) is 5.07. The topological polar surface area (TPSA) is 61.2 Å². The zero-order valence-corrected chi connectivity index (χ0v) is 17.3. The maximum absolute atomic E-state index is 13.4. The summed E-state index contributed by atoms with van der Waals surface area (Å²) in [5.74, 6) is -0.665. The summed E-state index contributed by atoms with van der Waals surface area (Å²) in [4.78, 5) is 30.8. The number of carbonyl (C=O) groups is 1. The summed E-state index contributed by atoms with van der Waals surface area (Å²) in [6, 6.07) is 17.5. The Morgan fingerprint density at radius 1 is 1.10 bits per heavy atom. The van der Waals surface area contributed by atoms with Crippen LogP contribution in [0.1, 0.15) is 22.8 Å². The van der Waals surface area contributed by atoms with Gasteiger partial charge in [-0.15, -0.1) is 0 Å². The van der Waals surface area contributed by atoms with Crippen molar-refractivity contribution in [2.45, 2.75) is 20.4 Å². The van der Waals surface area contributed by atoms with Crippen molar-refractivity contribution in [3.63, 3.8) is 0 Å². The lowest BCUT2D eigenvalue weighted by atomic mass is 10.0. The van der Waals surface area contributed by atoms with E-state index in [1.807, 2.05) is 26.0 Å². The van der Waals surface area contributed by atoms with Gasteiger partial charge in [-0.05, 0) is 55.3 Å². The summed E-state index contributed by atoms with van der Waals surface area (Å²) in [6.07, 6.45) is 1.73. The molecule has 6 heteroatoms. The lowest BCUT2D eigenvalue weighted by molar-refractivity contribution is 0.0732. The molecule has 0 saturated heterocycles. The largest absolute Gasteiger partial charge is 0.416 e. The van der Waals surface area contributed by atoms with Gasteiger partial charge < -0.3 is 9.30 Å². The van der Waals surface area contributed by atoms with Crippen molar-refractivity contribution in [3.8, 4) is 16.9 Å². The third-order valence-electron chi connectivity index (χ3n) is 4.83. The average molecular weight is 419 g/mol. The fraction of sp³-hybridized carbons (Fsp3) is 0.125. The zero-order valence-electron chi connectivity index (χ0n) is 16.6. The van der Waals surface area contributed by atoms with Crippen LogP contribution in [0.2, 0.25) is 5.02 Å². The molecule has 0 N–H and O–H groups in total. The predicted molar refractivity (Wildman–Crippen MR) is 118 cm³/mol. The predicted octanol–water partition coefficient (Wildman–Crippen LogP) is 5.26. The molecule has 5 nitrogen and oxygen atoms in total. The van der Waals surface area contributed by atoms with Crippen molar-refractivity contribution < 1.29 is 9.53 Å². The Bertz CT molecular complexity index is 1310. The lowest BCUT2D eigenvalue weighted by Gasteiger charge is -2.17. The number of rotatable bonds is 4. The summed E-state index contributed by atoms with van der Waals surface area (Å²) < 4.78 is 7.25. The Morgan fingerprint density at radius 2 is 1.87 bits per heavy atom. The van der Waals surface area contributed by atoms with Crippen molar-refractivity contribution in [3.05, 3.63) is 93.4 Å². The van der Waals surface area contributed by atoms with Crippen LogP contribution in [0, 0.1) is 6.92 Å². The Hall–Kier alpha value is -3.44. The van der Waals surface area contributed by atoms with Crippen LogP contribution < -0.4 is 10.3 Å². The summed E-state index contributed by atoms with van der Waals surface area (Å²) in [7, 11) is 0. The van der Waals surface area contributed by atoms with Gasteiger partial charge in [0, 0.05) is 17.8 Å². The van der Waals surface area contributed by atoms with Gasteiger partial charge in [0.25, 0.3) is 5.56 Å². The zero-order chi connectivity index (χ0) is 21.3. The number of nitrogens with zero attached hydrogens (tertiary/aromatic N) is 2. The van der Waals surface area contributed by atoms with Crippen molar-refractivity contribution in [1.29, 1.82) is 0 Å².